The van der Waals surface area contributed by atoms with Gasteiger partial charge in [-0.25, -0.2) is 0 Å². The van der Waals surface area contributed by atoms with Gasteiger partial charge in [-0.3, -0.25) is 9.59 Å². The van der Waals surface area contributed by atoms with Crippen LogP contribution in [0.2, 0.25) is 15.1 Å². The monoisotopic (exact) mass is 454 g/mol. The fraction of sp³-hybridized carbons (Fsp3) is 0.176. The highest BCUT2D eigenvalue weighted by molar-refractivity contribution is 6.35. The summed E-state index contributed by atoms with van der Waals surface area (Å²) in [5.74, 6) is -2.31. The van der Waals surface area contributed by atoms with Gasteiger partial charge < -0.3 is 15.7 Å². The number of nitrogens with one attached hydrogen (secondary N) is 2. The van der Waals surface area contributed by atoms with Crippen molar-refractivity contribution in [2.45, 2.75) is 18.7 Å². The summed E-state index contributed by atoms with van der Waals surface area (Å²) < 4.78 is 38.1. The Kier molecular flexibility index (Phi) is 6.50. The summed E-state index contributed by atoms with van der Waals surface area (Å²) in [5.41, 5.74) is -3.45. The van der Waals surface area contributed by atoms with E-state index in [1.807, 2.05) is 5.32 Å². The first-order valence-corrected chi connectivity index (χ1v) is 8.62. The van der Waals surface area contributed by atoms with Crippen LogP contribution in [0.25, 0.3) is 0 Å². The molecule has 1 atom stereocenters. The standard InChI is InChI=1S/C17H12Cl3F3N2O3/c1-16(28,17(21,22)23)15(27)25-13-3-2-8(4-12(13)20)14(26)24-11-6-9(18)5-10(19)7-11/h2-7,28H,1H3,(H,24,26)(H,25,27). The van der Waals surface area contributed by atoms with Gasteiger partial charge in [0.1, 0.15) is 0 Å². The van der Waals surface area contributed by atoms with Crippen LogP contribution >= 0.6 is 34.8 Å². The molecule has 2 rings (SSSR count). The van der Waals surface area contributed by atoms with Crippen molar-refractivity contribution in [2.24, 2.45) is 0 Å². The largest absolute Gasteiger partial charge is 0.426 e. The van der Waals surface area contributed by atoms with Crippen LogP contribution in [0.5, 0.6) is 0 Å². The molecule has 28 heavy (non-hydrogen) atoms. The Labute approximate surface area is 172 Å². The molecule has 0 heterocycles. The highest BCUT2D eigenvalue weighted by Crippen LogP contribution is 2.32. The molecule has 11 heteroatoms. The van der Waals surface area contributed by atoms with E-state index in [0.717, 1.165) is 12.1 Å². The highest BCUT2D eigenvalue weighted by atomic mass is 35.5. The maximum atomic E-state index is 12.7. The number of aliphatic hydroxyl groups is 1. The van der Waals surface area contributed by atoms with Crippen molar-refractivity contribution in [3.63, 3.8) is 0 Å². The lowest BCUT2D eigenvalue weighted by molar-refractivity contribution is -0.242. The zero-order chi connectivity index (χ0) is 21.3. The van der Waals surface area contributed by atoms with Crippen molar-refractivity contribution in [3.05, 3.63) is 57.0 Å². The molecule has 0 aliphatic carbocycles. The van der Waals surface area contributed by atoms with Crippen LogP contribution in [0.1, 0.15) is 17.3 Å². The maximum absolute atomic E-state index is 12.7. The number of hydrogen-bond donors (Lipinski definition) is 3. The van der Waals surface area contributed by atoms with Crippen LogP contribution in [0.15, 0.2) is 36.4 Å². The number of alkyl halides is 3. The Bertz CT molecular complexity index is 913. The third-order valence-electron chi connectivity index (χ3n) is 3.59. The Morgan fingerprint density at radius 3 is 2.04 bits per heavy atom. The van der Waals surface area contributed by atoms with Gasteiger partial charge >= 0.3 is 6.18 Å². The first kappa shape index (κ1) is 22.3. The van der Waals surface area contributed by atoms with E-state index in [9.17, 15) is 27.9 Å². The number of amides is 2. The molecule has 150 valence electrons. The average Bonchev–Trinajstić information content (AvgIpc) is 2.54. The first-order chi connectivity index (χ1) is 12.8. The second-order valence-corrected chi connectivity index (χ2v) is 7.11. The molecular weight excluding hydrogens is 444 g/mol. The molecule has 0 fully saturated rings. The average molecular weight is 456 g/mol. The highest BCUT2D eigenvalue weighted by Gasteiger charge is 2.55. The third kappa shape index (κ3) is 5.08. The Morgan fingerprint density at radius 2 is 1.54 bits per heavy atom. The summed E-state index contributed by atoms with van der Waals surface area (Å²) >= 11 is 17.6. The van der Waals surface area contributed by atoms with Crippen molar-refractivity contribution >= 4 is 58.0 Å². The number of hydrogen-bond acceptors (Lipinski definition) is 3. The Hall–Kier alpha value is -2.00. The molecule has 2 amide bonds. The van der Waals surface area contributed by atoms with E-state index in [1.54, 1.807) is 0 Å². The van der Waals surface area contributed by atoms with Crippen LogP contribution in [-0.4, -0.2) is 28.7 Å². The van der Waals surface area contributed by atoms with Gasteiger partial charge in [-0.15, -0.1) is 0 Å². The van der Waals surface area contributed by atoms with Crippen LogP contribution in [0, 0.1) is 0 Å². The lowest BCUT2D eigenvalue weighted by Gasteiger charge is -2.25. The minimum absolute atomic E-state index is 0.0571. The molecule has 0 aromatic heterocycles. The summed E-state index contributed by atoms with van der Waals surface area (Å²) in [6, 6.07) is 7.89. The number of halogens is 6. The van der Waals surface area contributed by atoms with Crippen molar-refractivity contribution in [3.8, 4) is 0 Å². The number of benzene rings is 2. The second kappa shape index (κ2) is 8.16. The molecule has 0 saturated carbocycles. The third-order valence-corrected chi connectivity index (χ3v) is 4.34. The van der Waals surface area contributed by atoms with E-state index in [1.165, 1.54) is 24.3 Å². The van der Waals surface area contributed by atoms with Gasteiger partial charge in [0, 0.05) is 21.3 Å². The number of carbonyl (C=O) groups is 2. The van der Waals surface area contributed by atoms with Crippen LogP contribution in [0.4, 0.5) is 24.5 Å². The molecular formula is C17H12Cl3F3N2O3. The smallest absolute Gasteiger partial charge is 0.373 e. The predicted molar refractivity (Wildman–Crippen MR) is 101 cm³/mol. The summed E-state index contributed by atoms with van der Waals surface area (Å²) in [7, 11) is 0. The van der Waals surface area contributed by atoms with Gasteiger partial charge in [0.25, 0.3) is 11.8 Å². The van der Waals surface area contributed by atoms with Crippen LogP contribution in [-0.2, 0) is 4.79 Å². The molecule has 5 nitrogen and oxygen atoms in total. The van der Waals surface area contributed by atoms with Gasteiger partial charge in [-0.1, -0.05) is 34.8 Å². The minimum atomic E-state index is -5.18. The SMILES string of the molecule is CC(O)(C(=O)Nc1ccc(C(=O)Nc2cc(Cl)cc(Cl)c2)cc1Cl)C(F)(F)F. The van der Waals surface area contributed by atoms with Gasteiger partial charge in [-0.2, -0.15) is 13.2 Å². The van der Waals surface area contributed by atoms with Gasteiger partial charge in [-0.05, 0) is 43.3 Å². The molecule has 0 aliphatic heterocycles. The summed E-state index contributed by atoms with van der Waals surface area (Å²) in [5, 5.41) is 14.2. The van der Waals surface area contributed by atoms with Crippen LogP contribution < -0.4 is 10.6 Å². The zero-order valence-electron chi connectivity index (χ0n) is 14.0. The molecule has 0 radical (unpaired) electrons. The normalized spacial score (nSPS) is 13.6. The number of rotatable bonds is 4. The van der Waals surface area contributed by atoms with Crippen molar-refractivity contribution in [1.29, 1.82) is 0 Å². The minimum Gasteiger partial charge on any atom is -0.373 e. The van der Waals surface area contributed by atoms with Crippen molar-refractivity contribution in [2.75, 3.05) is 10.6 Å². The lowest BCUT2D eigenvalue weighted by Crippen LogP contribution is -2.52. The topological polar surface area (TPSA) is 78.4 Å². The van der Waals surface area contributed by atoms with Gasteiger partial charge in [0.15, 0.2) is 0 Å². The molecule has 2 aromatic carbocycles. The molecule has 2 aromatic rings. The van der Waals surface area contributed by atoms with Crippen molar-refractivity contribution < 1.29 is 27.9 Å². The molecule has 0 saturated heterocycles. The second-order valence-electron chi connectivity index (χ2n) is 5.83. The molecule has 3 N–H and O–H groups in total. The molecule has 0 aliphatic rings. The van der Waals surface area contributed by atoms with E-state index >= 15 is 0 Å². The fourth-order valence-corrected chi connectivity index (χ4v) is 2.71. The van der Waals surface area contributed by atoms with Gasteiger partial charge in [0.05, 0.1) is 10.7 Å². The fourth-order valence-electron chi connectivity index (χ4n) is 1.96. The zero-order valence-corrected chi connectivity index (χ0v) is 16.3. The number of carbonyl (C=O) groups excluding carboxylic acids is 2. The van der Waals surface area contributed by atoms with Crippen LogP contribution in [0.3, 0.4) is 0 Å². The van der Waals surface area contributed by atoms with E-state index in [4.69, 9.17) is 34.8 Å². The molecule has 0 bridgehead atoms. The predicted octanol–water partition coefficient (Wildman–Crippen LogP) is 5.15. The first-order valence-electron chi connectivity index (χ1n) is 7.49. The van der Waals surface area contributed by atoms with E-state index < -0.39 is 23.6 Å². The lowest BCUT2D eigenvalue weighted by atomic mass is 10.1. The molecule has 0 spiro atoms. The Balaban J connectivity index is 2.17. The molecule has 1 unspecified atom stereocenters. The van der Waals surface area contributed by atoms with E-state index in [0.29, 0.717) is 22.7 Å². The summed E-state index contributed by atoms with van der Waals surface area (Å²) in [6.07, 6.45) is -5.18. The van der Waals surface area contributed by atoms with E-state index in [2.05, 4.69) is 5.32 Å². The quantitative estimate of drug-likeness (QED) is 0.596. The Morgan fingerprint density at radius 1 is 0.964 bits per heavy atom. The van der Waals surface area contributed by atoms with E-state index in [-0.39, 0.29) is 16.3 Å². The summed E-state index contributed by atoms with van der Waals surface area (Å²) in [4.78, 5) is 24.0. The maximum Gasteiger partial charge on any atom is 0.426 e. The van der Waals surface area contributed by atoms with Crippen molar-refractivity contribution in [1.82, 2.24) is 0 Å². The van der Waals surface area contributed by atoms with Gasteiger partial charge in [0.2, 0.25) is 5.60 Å². The number of anilines is 2. The summed E-state index contributed by atoms with van der Waals surface area (Å²) in [6.45, 7) is 0.314.